The first-order chi connectivity index (χ1) is 9.01. The van der Waals surface area contributed by atoms with E-state index in [1.165, 1.54) is 0 Å². The summed E-state index contributed by atoms with van der Waals surface area (Å²) in [6.45, 7) is 5.29. The Hall–Kier alpha value is -1.07. The van der Waals surface area contributed by atoms with Gasteiger partial charge in [-0.15, -0.1) is 0 Å². The lowest BCUT2D eigenvalue weighted by Crippen LogP contribution is -2.39. The van der Waals surface area contributed by atoms with Gasteiger partial charge in [0.25, 0.3) is 0 Å². The Morgan fingerprint density at radius 1 is 1.37 bits per heavy atom. The fourth-order valence-corrected chi connectivity index (χ4v) is 3.88. The number of nitrogens with two attached hydrogens (primary N) is 1. The maximum absolute atomic E-state index is 12.2. The molecule has 1 saturated heterocycles. The van der Waals surface area contributed by atoms with Crippen molar-refractivity contribution in [2.24, 2.45) is 11.7 Å². The Bertz CT molecular complexity index is 542. The minimum atomic E-state index is -3.20. The van der Waals surface area contributed by atoms with Gasteiger partial charge >= 0.3 is 0 Å². The molecule has 0 amide bonds. The Morgan fingerprint density at radius 2 is 2.05 bits per heavy atom. The largest absolute Gasteiger partial charge is 0.366 e. The highest BCUT2D eigenvalue weighted by molar-refractivity contribution is 7.91. The van der Waals surface area contributed by atoms with Crippen molar-refractivity contribution in [3.63, 3.8) is 0 Å². The standard InChI is InChI=1S/C14H22N2O2S/c1-3-19(17,18)14-7-5-4-6-12(14)16-9-8-11(2)13(16)10-15/h4-7,11,13H,3,8-10,15H2,1-2H3. The van der Waals surface area contributed by atoms with Crippen LogP contribution in [-0.2, 0) is 9.84 Å². The van der Waals surface area contributed by atoms with Crippen molar-refractivity contribution in [2.75, 3.05) is 23.7 Å². The molecular formula is C14H22N2O2S. The van der Waals surface area contributed by atoms with Gasteiger partial charge in [-0.25, -0.2) is 8.42 Å². The lowest BCUT2D eigenvalue weighted by molar-refractivity contribution is 0.517. The summed E-state index contributed by atoms with van der Waals surface area (Å²) in [4.78, 5) is 2.60. The molecule has 1 aliphatic rings. The second-order valence-electron chi connectivity index (χ2n) is 5.13. The van der Waals surface area contributed by atoms with Crippen molar-refractivity contribution < 1.29 is 8.42 Å². The predicted molar refractivity (Wildman–Crippen MR) is 78.1 cm³/mol. The molecule has 0 bridgehead atoms. The van der Waals surface area contributed by atoms with E-state index in [2.05, 4.69) is 11.8 Å². The maximum atomic E-state index is 12.2. The van der Waals surface area contributed by atoms with Crippen LogP contribution in [0.4, 0.5) is 5.69 Å². The quantitative estimate of drug-likeness (QED) is 0.912. The second kappa shape index (κ2) is 5.51. The molecule has 1 aromatic carbocycles. The van der Waals surface area contributed by atoms with Gasteiger partial charge < -0.3 is 10.6 Å². The van der Waals surface area contributed by atoms with Crippen LogP contribution >= 0.6 is 0 Å². The van der Waals surface area contributed by atoms with Crippen LogP contribution in [0.2, 0.25) is 0 Å². The van der Waals surface area contributed by atoms with E-state index >= 15 is 0 Å². The van der Waals surface area contributed by atoms with Gasteiger partial charge in [-0.05, 0) is 24.5 Å². The van der Waals surface area contributed by atoms with Crippen LogP contribution in [-0.4, -0.2) is 33.3 Å². The third-order valence-electron chi connectivity index (χ3n) is 4.01. The summed E-state index contributed by atoms with van der Waals surface area (Å²) in [6, 6.07) is 7.49. The molecule has 1 heterocycles. The van der Waals surface area contributed by atoms with E-state index in [0.717, 1.165) is 18.7 Å². The number of para-hydroxylation sites is 1. The van der Waals surface area contributed by atoms with E-state index in [1.807, 2.05) is 12.1 Å². The Labute approximate surface area is 115 Å². The summed E-state index contributed by atoms with van der Waals surface area (Å²) in [7, 11) is -3.20. The molecule has 4 nitrogen and oxygen atoms in total. The van der Waals surface area contributed by atoms with E-state index in [-0.39, 0.29) is 11.8 Å². The van der Waals surface area contributed by atoms with Crippen LogP contribution in [0.1, 0.15) is 20.3 Å². The van der Waals surface area contributed by atoms with E-state index in [0.29, 0.717) is 17.4 Å². The lowest BCUT2D eigenvalue weighted by Gasteiger charge is -2.29. The lowest BCUT2D eigenvalue weighted by atomic mass is 10.0. The SMILES string of the molecule is CCS(=O)(=O)c1ccccc1N1CCC(C)C1CN. The number of hydrogen-bond donors (Lipinski definition) is 1. The Balaban J connectivity index is 2.46. The van der Waals surface area contributed by atoms with Crippen molar-refractivity contribution in [1.29, 1.82) is 0 Å². The minimum absolute atomic E-state index is 0.126. The summed E-state index contributed by atoms with van der Waals surface area (Å²) < 4.78 is 24.4. The summed E-state index contributed by atoms with van der Waals surface area (Å²) in [5, 5.41) is 0. The van der Waals surface area contributed by atoms with Gasteiger partial charge in [-0.1, -0.05) is 26.0 Å². The number of rotatable bonds is 4. The summed E-state index contributed by atoms with van der Waals surface area (Å²) in [6.07, 6.45) is 1.06. The van der Waals surface area contributed by atoms with Gasteiger partial charge in [0.2, 0.25) is 0 Å². The Morgan fingerprint density at radius 3 is 2.68 bits per heavy atom. The molecule has 5 heteroatoms. The molecule has 0 aromatic heterocycles. The monoisotopic (exact) mass is 282 g/mol. The first-order valence-electron chi connectivity index (χ1n) is 6.79. The van der Waals surface area contributed by atoms with Gasteiger partial charge in [0.15, 0.2) is 9.84 Å². The molecule has 2 unspecified atom stereocenters. The zero-order valence-electron chi connectivity index (χ0n) is 11.5. The van der Waals surface area contributed by atoms with Crippen molar-refractivity contribution >= 4 is 15.5 Å². The molecule has 0 radical (unpaired) electrons. The molecule has 2 rings (SSSR count). The zero-order valence-corrected chi connectivity index (χ0v) is 12.4. The molecule has 1 fully saturated rings. The van der Waals surface area contributed by atoms with Crippen molar-refractivity contribution in [3.8, 4) is 0 Å². The fraction of sp³-hybridized carbons (Fsp3) is 0.571. The third kappa shape index (κ3) is 2.62. The van der Waals surface area contributed by atoms with E-state index in [1.54, 1.807) is 19.1 Å². The molecule has 2 N–H and O–H groups in total. The molecule has 106 valence electrons. The second-order valence-corrected chi connectivity index (χ2v) is 7.38. The molecular weight excluding hydrogens is 260 g/mol. The van der Waals surface area contributed by atoms with E-state index in [9.17, 15) is 8.42 Å². The van der Waals surface area contributed by atoms with Crippen LogP contribution < -0.4 is 10.6 Å². The minimum Gasteiger partial charge on any atom is -0.366 e. The van der Waals surface area contributed by atoms with Crippen LogP contribution in [0.3, 0.4) is 0 Å². The summed E-state index contributed by atoms with van der Waals surface area (Å²) in [5.41, 5.74) is 6.66. The Kier molecular flexibility index (Phi) is 4.16. The van der Waals surface area contributed by atoms with Crippen molar-refractivity contribution in [1.82, 2.24) is 0 Å². The highest BCUT2D eigenvalue weighted by atomic mass is 32.2. The zero-order chi connectivity index (χ0) is 14.0. The predicted octanol–water partition coefficient (Wildman–Crippen LogP) is 1.65. The van der Waals surface area contributed by atoms with Crippen LogP contribution in [0, 0.1) is 5.92 Å². The van der Waals surface area contributed by atoms with Gasteiger partial charge in [0, 0.05) is 19.1 Å². The molecule has 0 saturated carbocycles. The topological polar surface area (TPSA) is 63.4 Å². The molecule has 1 aromatic rings. The summed E-state index contributed by atoms with van der Waals surface area (Å²) in [5.74, 6) is 0.628. The molecule has 1 aliphatic heterocycles. The van der Waals surface area contributed by atoms with E-state index < -0.39 is 9.84 Å². The van der Waals surface area contributed by atoms with Crippen molar-refractivity contribution in [3.05, 3.63) is 24.3 Å². The number of benzene rings is 1. The van der Waals surface area contributed by atoms with Gasteiger partial charge in [-0.3, -0.25) is 0 Å². The average Bonchev–Trinajstić information content (AvgIpc) is 2.79. The molecule has 19 heavy (non-hydrogen) atoms. The third-order valence-corrected chi connectivity index (χ3v) is 5.79. The molecule has 0 aliphatic carbocycles. The smallest absolute Gasteiger partial charge is 0.180 e. The highest BCUT2D eigenvalue weighted by Crippen LogP contribution is 2.33. The number of anilines is 1. The van der Waals surface area contributed by atoms with Crippen LogP contribution in [0.25, 0.3) is 0 Å². The normalized spacial score (nSPS) is 23.8. The van der Waals surface area contributed by atoms with Gasteiger partial charge in [0.1, 0.15) is 0 Å². The molecule has 0 spiro atoms. The summed E-state index contributed by atoms with van der Waals surface area (Å²) >= 11 is 0. The van der Waals surface area contributed by atoms with E-state index in [4.69, 9.17) is 5.73 Å². The first-order valence-corrected chi connectivity index (χ1v) is 8.45. The maximum Gasteiger partial charge on any atom is 0.180 e. The average molecular weight is 282 g/mol. The van der Waals surface area contributed by atoms with Gasteiger partial charge in [-0.2, -0.15) is 0 Å². The van der Waals surface area contributed by atoms with Crippen LogP contribution in [0.15, 0.2) is 29.2 Å². The number of hydrogen-bond acceptors (Lipinski definition) is 4. The fourth-order valence-electron chi connectivity index (χ4n) is 2.78. The van der Waals surface area contributed by atoms with Crippen molar-refractivity contribution in [2.45, 2.75) is 31.2 Å². The van der Waals surface area contributed by atoms with Gasteiger partial charge in [0.05, 0.1) is 16.3 Å². The number of sulfone groups is 1. The van der Waals surface area contributed by atoms with Crippen LogP contribution in [0.5, 0.6) is 0 Å². The number of nitrogens with zero attached hydrogens (tertiary/aromatic N) is 1. The highest BCUT2D eigenvalue weighted by Gasteiger charge is 2.32. The molecule has 2 atom stereocenters. The first kappa shape index (κ1) is 14.3.